The molecular formula is C16H17NO2. The third kappa shape index (κ3) is 3.41. The normalized spacial score (nSPS) is 10.2. The van der Waals surface area contributed by atoms with Crippen LogP contribution in [0.1, 0.15) is 28.4 Å². The van der Waals surface area contributed by atoms with Crippen LogP contribution in [0.2, 0.25) is 0 Å². The first-order chi connectivity index (χ1) is 9.22. The molecule has 0 bridgehead atoms. The molecule has 1 aromatic heterocycles. The van der Waals surface area contributed by atoms with Gasteiger partial charge in [-0.1, -0.05) is 37.3 Å². The molecule has 0 unspecified atom stereocenters. The van der Waals surface area contributed by atoms with E-state index in [0.717, 1.165) is 17.5 Å². The summed E-state index contributed by atoms with van der Waals surface area (Å²) >= 11 is 0. The quantitative estimate of drug-likeness (QED) is 0.771. The molecule has 0 N–H and O–H groups in total. The monoisotopic (exact) mass is 255 g/mol. The van der Waals surface area contributed by atoms with Crippen LogP contribution in [-0.4, -0.2) is 17.9 Å². The number of aromatic nitrogens is 1. The van der Waals surface area contributed by atoms with Crippen molar-refractivity contribution in [2.24, 2.45) is 0 Å². The lowest BCUT2D eigenvalue weighted by Crippen LogP contribution is -2.04. The van der Waals surface area contributed by atoms with E-state index in [2.05, 4.69) is 11.9 Å². The smallest absolute Gasteiger partial charge is 0.212 e. The van der Waals surface area contributed by atoms with Crippen LogP contribution in [0, 0.1) is 0 Å². The summed E-state index contributed by atoms with van der Waals surface area (Å²) in [4.78, 5) is 16.2. The predicted molar refractivity (Wildman–Crippen MR) is 74.6 cm³/mol. The van der Waals surface area contributed by atoms with Crippen molar-refractivity contribution in [3.8, 4) is 5.88 Å². The Labute approximate surface area is 113 Å². The zero-order valence-electron chi connectivity index (χ0n) is 11.2. The van der Waals surface area contributed by atoms with E-state index < -0.39 is 0 Å². The number of rotatable bonds is 5. The van der Waals surface area contributed by atoms with Crippen molar-refractivity contribution >= 4 is 5.78 Å². The van der Waals surface area contributed by atoms with Crippen molar-refractivity contribution in [3.05, 3.63) is 59.3 Å². The van der Waals surface area contributed by atoms with Crippen LogP contribution < -0.4 is 4.74 Å². The molecule has 0 aliphatic rings. The first-order valence-electron chi connectivity index (χ1n) is 6.34. The number of aryl methyl sites for hydroxylation is 1. The van der Waals surface area contributed by atoms with Gasteiger partial charge in [0.2, 0.25) is 5.88 Å². The number of ketones is 1. The Morgan fingerprint density at radius 3 is 2.32 bits per heavy atom. The predicted octanol–water partition coefficient (Wildman–Crippen LogP) is 3.08. The van der Waals surface area contributed by atoms with E-state index in [1.807, 2.05) is 30.3 Å². The molecule has 19 heavy (non-hydrogen) atoms. The average molecular weight is 255 g/mol. The number of pyridine rings is 1. The van der Waals surface area contributed by atoms with Crippen molar-refractivity contribution in [1.29, 1.82) is 0 Å². The second-order valence-electron chi connectivity index (χ2n) is 4.36. The van der Waals surface area contributed by atoms with E-state index in [1.165, 1.54) is 5.56 Å². The fourth-order valence-corrected chi connectivity index (χ4v) is 1.85. The molecule has 1 aromatic carbocycles. The molecule has 2 aromatic rings. The standard InChI is InChI=1S/C16H17NO2/c1-3-12-4-7-14(8-5-12)15(18)10-13-6-9-16(19-2)17-11-13/h4-9,11H,3,10H2,1-2H3. The van der Waals surface area contributed by atoms with Crippen LogP contribution in [0.5, 0.6) is 5.88 Å². The molecule has 0 amide bonds. The van der Waals surface area contributed by atoms with Gasteiger partial charge >= 0.3 is 0 Å². The molecule has 0 radical (unpaired) electrons. The van der Waals surface area contributed by atoms with Gasteiger partial charge in [-0.3, -0.25) is 4.79 Å². The fourth-order valence-electron chi connectivity index (χ4n) is 1.85. The Morgan fingerprint density at radius 2 is 1.79 bits per heavy atom. The fraction of sp³-hybridized carbons (Fsp3) is 0.250. The van der Waals surface area contributed by atoms with Gasteiger partial charge in [0.05, 0.1) is 7.11 Å². The zero-order chi connectivity index (χ0) is 13.7. The Morgan fingerprint density at radius 1 is 1.11 bits per heavy atom. The van der Waals surface area contributed by atoms with Crippen LogP contribution in [0.3, 0.4) is 0 Å². The molecule has 3 nitrogen and oxygen atoms in total. The number of Topliss-reactive ketones (excluding diaryl/α,β-unsaturated/α-hetero) is 1. The second kappa shape index (κ2) is 6.14. The lowest BCUT2D eigenvalue weighted by atomic mass is 10.0. The lowest BCUT2D eigenvalue weighted by Gasteiger charge is -2.04. The molecule has 2 rings (SSSR count). The third-order valence-corrected chi connectivity index (χ3v) is 3.06. The molecule has 98 valence electrons. The van der Waals surface area contributed by atoms with E-state index in [9.17, 15) is 4.79 Å². The zero-order valence-corrected chi connectivity index (χ0v) is 11.2. The van der Waals surface area contributed by atoms with E-state index in [1.54, 1.807) is 19.4 Å². The highest BCUT2D eigenvalue weighted by molar-refractivity contribution is 5.97. The Bertz CT molecular complexity index is 544. The number of carbonyl (C=O) groups is 1. The maximum Gasteiger partial charge on any atom is 0.212 e. The molecular weight excluding hydrogens is 238 g/mol. The van der Waals surface area contributed by atoms with Crippen molar-refractivity contribution in [3.63, 3.8) is 0 Å². The molecule has 0 spiro atoms. The maximum atomic E-state index is 12.1. The number of methoxy groups -OCH3 is 1. The molecule has 1 heterocycles. The van der Waals surface area contributed by atoms with Crippen LogP contribution in [0.4, 0.5) is 0 Å². The number of hydrogen-bond acceptors (Lipinski definition) is 3. The Kier molecular flexibility index (Phi) is 4.29. The van der Waals surface area contributed by atoms with Crippen LogP contribution >= 0.6 is 0 Å². The lowest BCUT2D eigenvalue weighted by molar-refractivity contribution is 0.0993. The number of carbonyl (C=O) groups excluding carboxylic acids is 1. The summed E-state index contributed by atoms with van der Waals surface area (Å²) in [7, 11) is 1.57. The molecule has 3 heteroatoms. The van der Waals surface area contributed by atoms with Gasteiger partial charge in [0, 0.05) is 24.2 Å². The number of nitrogens with zero attached hydrogens (tertiary/aromatic N) is 1. The average Bonchev–Trinajstić information content (AvgIpc) is 2.48. The minimum Gasteiger partial charge on any atom is -0.481 e. The van der Waals surface area contributed by atoms with Gasteiger partial charge in [-0.2, -0.15) is 0 Å². The SMILES string of the molecule is CCc1ccc(C(=O)Cc2ccc(OC)nc2)cc1. The summed E-state index contributed by atoms with van der Waals surface area (Å²) in [5.41, 5.74) is 2.88. The highest BCUT2D eigenvalue weighted by atomic mass is 16.5. The van der Waals surface area contributed by atoms with Crippen molar-refractivity contribution < 1.29 is 9.53 Å². The molecule has 0 fully saturated rings. The van der Waals surface area contributed by atoms with Crippen LogP contribution in [0.15, 0.2) is 42.6 Å². The van der Waals surface area contributed by atoms with E-state index in [-0.39, 0.29) is 5.78 Å². The van der Waals surface area contributed by atoms with Gasteiger partial charge < -0.3 is 4.74 Å². The van der Waals surface area contributed by atoms with E-state index >= 15 is 0 Å². The van der Waals surface area contributed by atoms with Gasteiger partial charge in [0.1, 0.15) is 0 Å². The van der Waals surface area contributed by atoms with Crippen molar-refractivity contribution in [2.45, 2.75) is 19.8 Å². The molecule has 0 saturated heterocycles. The van der Waals surface area contributed by atoms with Crippen LogP contribution in [0.25, 0.3) is 0 Å². The number of ether oxygens (including phenoxy) is 1. The van der Waals surface area contributed by atoms with Crippen molar-refractivity contribution in [2.75, 3.05) is 7.11 Å². The highest BCUT2D eigenvalue weighted by Crippen LogP contribution is 2.11. The number of benzene rings is 1. The first-order valence-corrected chi connectivity index (χ1v) is 6.34. The second-order valence-corrected chi connectivity index (χ2v) is 4.36. The van der Waals surface area contributed by atoms with Gasteiger partial charge in [-0.05, 0) is 17.5 Å². The van der Waals surface area contributed by atoms with E-state index in [4.69, 9.17) is 4.74 Å². The molecule has 0 aliphatic carbocycles. The number of hydrogen-bond donors (Lipinski definition) is 0. The highest BCUT2D eigenvalue weighted by Gasteiger charge is 2.07. The first kappa shape index (κ1) is 13.3. The minimum atomic E-state index is 0.106. The summed E-state index contributed by atoms with van der Waals surface area (Å²) < 4.78 is 4.99. The topological polar surface area (TPSA) is 39.2 Å². The van der Waals surface area contributed by atoms with Crippen LogP contribution in [-0.2, 0) is 12.8 Å². The van der Waals surface area contributed by atoms with Gasteiger partial charge in [-0.25, -0.2) is 4.98 Å². The summed E-state index contributed by atoms with van der Waals surface area (Å²) in [6.07, 6.45) is 3.02. The summed E-state index contributed by atoms with van der Waals surface area (Å²) in [5.74, 6) is 0.665. The molecule has 0 aliphatic heterocycles. The maximum absolute atomic E-state index is 12.1. The molecule has 0 atom stereocenters. The Balaban J connectivity index is 2.06. The molecule has 0 saturated carbocycles. The summed E-state index contributed by atoms with van der Waals surface area (Å²) in [6.45, 7) is 2.10. The summed E-state index contributed by atoms with van der Waals surface area (Å²) in [5, 5.41) is 0. The largest absolute Gasteiger partial charge is 0.481 e. The minimum absolute atomic E-state index is 0.106. The van der Waals surface area contributed by atoms with Gasteiger partial charge in [-0.15, -0.1) is 0 Å². The van der Waals surface area contributed by atoms with Gasteiger partial charge in [0.15, 0.2) is 5.78 Å². The van der Waals surface area contributed by atoms with Crippen molar-refractivity contribution in [1.82, 2.24) is 4.98 Å². The Hall–Kier alpha value is -2.16. The van der Waals surface area contributed by atoms with Gasteiger partial charge in [0.25, 0.3) is 0 Å². The third-order valence-electron chi connectivity index (χ3n) is 3.06. The van der Waals surface area contributed by atoms with E-state index in [0.29, 0.717) is 12.3 Å². The summed E-state index contributed by atoms with van der Waals surface area (Å²) in [6, 6.07) is 11.4.